The molecule has 3 nitrogen and oxygen atoms in total. The lowest BCUT2D eigenvalue weighted by Gasteiger charge is -2.24. The molecule has 1 unspecified atom stereocenters. The van der Waals surface area contributed by atoms with Crippen LogP contribution in [-0.4, -0.2) is 29.7 Å². The van der Waals surface area contributed by atoms with Crippen LogP contribution in [0.4, 0.5) is 0 Å². The fraction of sp³-hybridized carbons (Fsp3) is 0.350. The van der Waals surface area contributed by atoms with Crippen LogP contribution in [0, 0.1) is 0 Å². The maximum atomic E-state index is 12.6. The summed E-state index contributed by atoms with van der Waals surface area (Å²) in [6, 6.07) is 15.7. The van der Waals surface area contributed by atoms with E-state index in [1.807, 2.05) is 4.90 Å². The number of benzene rings is 2. The van der Waals surface area contributed by atoms with Crippen LogP contribution in [0.25, 0.3) is 0 Å². The second kappa shape index (κ2) is 8.15. The van der Waals surface area contributed by atoms with E-state index in [-0.39, 0.29) is 17.9 Å². The van der Waals surface area contributed by atoms with Crippen LogP contribution in [0.5, 0.6) is 5.75 Å². The lowest BCUT2D eigenvalue weighted by molar-refractivity contribution is -0.133. The summed E-state index contributed by atoms with van der Waals surface area (Å²) in [4.78, 5) is 14.5. The van der Waals surface area contributed by atoms with Crippen LogP contribution < -0.4 is 4.74 Å². The fourth-order valence-electron chi connectivity index (χ4n) is 2.81. The van der Waals surface area contributed by atoms with Crippen LogP contribution in [-0.2, 0) is 4.79 Å². The first-order valence-electron chi connectivity index (χ1n) is 8.44. The summed E-state index contributed by atoms with van der Waals surface area (Å²) in [6.07, 6.45) is 0. The number of carbonyl (C=O) groups excluding carboxylic acids is 1. The first-order chi connectivity index (χ1) is 12.0. The predicted molar refractivity (Wildman–Crippen MR) is 104 cm³/mol. The summed E-state index contributed by atoms with van der Waals surface area (Å²) in [5, 5.41) is 0.724. The Morgan fingerprint density at radius 3 is 2.52 bits per heavy atom. The number of hydrogen-bond donors (Lipinski definition) is 0. The lowest BCUT2D eigenvalue weighted by atomic mass is 10.0. The molecule has 25 heavy (non-hydrogen) atoms. The van der Waals surface area contributed by atoms with Crippen molar-refractivity contribution in [3.63, 3.8) is 0 Å². The molecule has 0 bridgehead atoms. The molecule has 1 heterocycles. The third kappa shape index (κ3) is 4.50. The van der Waals surface area contributed by atoms with Gasteiger partial charge in [0.15, 0.2) is 6.61 Å². The van der Waals surface area contributed by atoms with Crippen LogP contribution in [0.1, 0.15) is 36.3 Å². The largest absolute Gasteiger partial charge is 0.484 e. The average Bonchev–Trinajstić information content (AvgIpc) is 3.11. The highest BCUT2D eigenvalue weighted by molar-refractivity contribution is 7.99. The van der Waals surface area contributed by atoms with E-state index in [1.54, 1.807) is 36.0 Å². The summed E-state index contributed by atoms with van der Waals surface area (Å²) >= 11 is 7.66. The number of ether oxygens (including phenoxy) is 1. The monoisotopic (exact) mass is 375 g/mol. The van der Waals surface area contributed by atoms with Crippen molar-refractivity contribution >= 4 is 29.3 Å². The van der Waals surface area contributed by atoms with Gasteiger partial charge in [-0.3, -0.25) is 4.79 Å². The van der Waals surface area contributed by atoms with Crippen molar-refractivity contribution in [2.24, 2.45) is 0 Å². The fourth-order valence-corrected chi connectivity index (χ4v) is 4.21. The SMILES string of the molecule is CC(C)c1ccc(C2SCCN2C(=O)COc2ccc(Cl)cc2)cc1. The standard InChI is InChI=1S/C20H22ClNO2S/c1-14(2)15-3-5-16(6-4-15)20-22(11-12-25-20)19(23)13-24-18-9-7-17(21)8-10-18/h3-10,14,20H,11-13H2,1-2H3. The summed E-state index contributed by atoms with van der Waals surface area (Å²) in [5.74, 6) is 2.12. The van der Waals surface area contributed by atoms with Crippen molar-refractivity contribution in [1.82, 2.24) is 4.90 Å². The molecule has 132 valence electrons. The third-order valence-corrected chi connectivity index (χ3v) is 5.79. The second-order valence-electron chi connectivity index (χ2n) is 6.37. The Morgan fingerprint density at radius 2 is 1.88 bits per heavy atom. The van der Waals surface area contributed by atoms with Crippen molar-refractivity contribution in [2.45, 2.75) is 25.1 Å². The van der Waals surface area contributed by atoms with E-state index in [2.05, 4.69) is 38.1 Å². The van der Waals surface area contributed by atoms with Gasteiger partial charge in [0.2, 0.25) is 0 Å². The number of thioether (sulfide) groups is 1. The highest BCUT2D eigenvalue weighted by Gasteiger charge is 2.30. The van der Waals surface area contributed by atoms with Gasteiger partial charge in [-0.1, -0.05) is 49.7 Å². The topological polar surface area (TPSA) is 29.5 Å². The molecule has 1 atom stereocenters. The molecule has 0 radical (unpaired) electrons. The Morgan fingerprint density at radius 1 is 1.20 bits per heavy atom. The maximum absolute atomic E-state index is 12.6. The zero-order chi connectivity index (χ0) is 17.8. The third-order valence-electron chi connectivity index (χ3n) is 4.28. The summed E-state index contributed by atoms with van der Waals surface area (Å²) < 4.78 is 5.61. The van der Waals surface area contributed by atoms with Gasteiger partial charge in [-0.15, -0.1) is 11.8 Å². The van der Waals surface area contributed by atoms with E-state index in [4.69, 9.17) is 16.3 Å². The highest BCUT2D eigenvalue weighted by Crippen LogP contribution is 2.38. The average molecular weight is 376 g/mol. The normalized spacial score (nSPS) is 17.1. The Balaban J connectivity index is 1.64. The van der Waals surface area contributed by atoms with Gasteiger partial charge in [0.05, 0.1) is 0 Å². The molecule has 2 aromatic rings. The van der Waals surface area contributed by atoms with Crippen molar-refractivity contribution in [3.8, 4) is 5.75 Å². The molecule has 1 aliphatic heterocycles. The molecule has 2 aromatic carbocycles. The van der Waals surface area contributed by atoms with Gasteiger partial charge in [-0.2, -0.15) is 0 Å². The first-order valence-corrected chi connectivity index (χ1v) is 9.86. The first kappa shape index (κ1) is 18.2. The second-order valence-corrected chi connectivity index (χ2v) is 8.00. The quantitative estimate of drug-likeness (QED) is 0.726. The summed E-state index contributed by atoms with van der Waals surface area (Å²) in [5.41, 5.74) is 2.49. The number of nitrogens with zero attached hydrogens (tertiary/aromatic N) is 1. The number of amides is 1. The molecule has 0 spiro atoms. The van der Waals surface area contributed by atoms with Crippen molar-refractivity contribution in [1.29, 1.82) is 0 Å². The predicted octanol–water partition coefficient (Wildman–Crippen LogP) is 5.12. The van der Waals surface area contributed by atoms with Gasteiger partial charge < -0.3 is 9.64 Å². The van der Waals surface area contributed by atoms with Crippen molar-refractivity contribution in [2.75, 3.05) is 18.9 Å². The van der Waals surface area contributed by atoms with Crippen LogP contribution in [0.2, 0.25) is 5.02 Å². The smallest absolute Gasteiger partial charge is 0.261 e. The van der Waals surface area contributed by atoms with Crippen molar-refractivity contribution < 1.29 is 9.53 Å². The molecule has 0 aliphatic carbocycles. The number of halogens is 1. The van der Waals surface area contributed by atoms with E-state index in [0.717, 1.165) is 12.3 Å². The van der Waals surface area contributed by atoms with Crippen LogP contribution in [0.3, 0.4) is 0 Å². The minimum atomic E-state index is 0.0119. The number of rotatable bonds is 5. The van der Waals surface area contributed by atoms with Gasteiger partial charge >= 0.3 is 0 Å². The van der Waals surface area contributed by atoms with Gasteiger partial charge in [0.1, 0.15) is 11.1 Å². The lowest BCUT2D eigenvalue weighted by Crippen LogP contribution is -2.34. The molecule has 1 fully saturated rings. The Labute approximate surface area is 158 Å². The maximum Gasteiger partial charge on any atom is 0.261 e. The van der Waals surface area contributed by atoms with E-state index >= 15 is 0 Å². The summed E-state index contributed by atoms with van der Waals surface area (Å²) in [6.45, 7) is 5.17. The van der Waals surface area contributed by atoms with E-state index in [9.17, 15) is 4.79 Å². The molecule has 0 saturated carbocycles. The van der Waals surface area contributed by atoms with Gasteiger partial charge in [-0.05, 0) is 41.3 Å². The van der Waals surface area contributed by atoms with Crippen molar-refractivity contribution in [3.05, 3.63) is 64.7 Å². The zero-order valence-corrected chi connectivity index (χ0v) is 16.0. The zero-order valence-electron chi connectivity index (χ0n) is 14.4. The molecule has 0 N–H and O–H groups in total. The molecule has 0 aromatic heterocycles. The van der Waals surface area contributed by atoms with E-state index in [0.29, 0.717) is 16.7 Å². The van der Waals surface area contributed by atoms with Gasteiger partial charge in [-0.25, -0.2) is 0 Å². The molecule has 1 aliphatic rings. The molecule has 1 amide bonds. The van der Waals surface area contributed by atoms with Crippen LogP contribution in [0.15, 0.2) is 48.5 Å². The summed E-state index contributed by atoms with van der Waals surface area (Å²) in [7, 11) is 0. The Bertz CT molecular complexity index is 715. The number of carbonyl (C=O) groups is 1. The molecule has 5 heteroatoms. The minimum Gasteiger partial charge on any atom is -0.484 e. The van der Waals surface area contributed by atoms with Crippen LogP contribution >= 0.6 is 23.4 Å². The van der Waals surface area contributed by atoms with Gasteiger partial charge in [0, 0.05) is 17.3 Å². The molecule has 3 rings (SSSR count). The Kier molecular flexibility index (Phi) is 5.92. The van der Waals surface area contributed by atoms with Gasteiger partial charge in [0.25, 0.3) is 5.91 Å². The van der Waals surface area contributed by atoms with E-state index in [1.165, 1.54) is 11.1 Å². The molecular weight excluding hydrogens is 354 g/mol. The number of hydrogen-bond acceptors (Lipinski definition) is 3. The highest BCUT2D eigenvalue weighted by atomic mass is 35.5. The molecular formula is C20H22ClNO2S. The Hall–Kier alpha value is -1.65. The molecule has 1 saturated heterocycles. The minimum absolute atomic E-state index is 0.0119. The van der Waals surface area contributed by atoms with E-state index < -0.39 is 0 Å².